The first-order chi connectivity index (χ1) is 11.9. The molecule has 0 aliphatic rings. The fraction of sp³-hybridized carbons (Fsp3) is 0.211. The lowest BCUT2D eigenvalue weighted by atomic mass is 10.1. The van der Waals surface area contributed by atoms with Gasteiger partial charge in [-0.25, -0.2) is 0 Å². The molecule has 25 heavy (non-hydrogen) atoms. The molecule has 0 saturated heterocycles. The molecule has 0 saturated carbocycles. The molecule has 0 spiro atoms. The third kappa shape index (κ3) is 5.17. The highest BCUT2D eigenvalue weighted by Crippen LogP contribution is 2.09. The van der Waals surface area contributed by atoms with Crippen LogP contribution >= 0.6 is 0 Å². The van der Waals surface area contributed by atoms with Gasteiger partial charge in [-0.05, 0) is 54.8 Å². The predicted octanol–water partition coefficient (Wildman–Crippen LogP) is 1.45. The smallest absolute Gasteiger partial charge is 0.251 e. The zero-order valence-corrected chi connectivity index (χ0v) is 14.3. The van der Waals surface area contributed by atoms with Gasteiger partial charge in [0.05, 0.1) is 6.54 Å². The average Bonchev–Trinajstić information content (AvgIpc) is 2.60. The lowest BCUT2D eigenvalue weighted by molar-refractivity contribution is -0.120. The number of carbonyl (C=O) groups is 3. The fourth-order valence-electron chi connectivity index (χ4n) is 2.24. The number of nitrogens with two attached hydrogens (primary N) is 1. The van der Waals surface area contributed by atoms with E-state index in [9.17, 15) is 14.4 Å². The Hall–Kier alpha value is -3.15. The number of hydrogen-bond acceptors (Lipinski definition) is 3. The minimum Gasteiger partial charge on any atom is -0.366 e. The Labute approximate surface area is 146 Å². The number of nitrogens with one attached hydrogen (secondary N) is 2. The van der Waals surface area contributed by atoms with Gasteiger partial charge in [0, 0.05) is 17.7 Å². The van der Waals surface area contributed by atoms with Gasteiger partial charge >= 0.3 is 0 Å². The van der Waals surface area contributed by atoms with Crippen molar-refractivity contribution < 1.29 is 14.4 Å². The summed E-state index contributed by atoms with van der Waals surface area (Å²) in [4.78, 5) is 35.1. The number of hydrogen-bond donors (Lipinski definition) is 3. The van der Waals surface area contributed by atoms with Crippen molar-refractivity contribution in [3.63, 3.8) is 0 Å². The van der Waals surface area contributed by atoms with Crippen molar-refractivity contribution in [2.24, 2.45) is 5.73 Å². The van der Waals surface area contributed by atoms with Crippen molar-refractivity contribution in [3.8, 4) is 0 Å². The molecule has 130 valence electrons. The van der Waals surface area contributed by atoms with E-state index in [-0.39, 0.29) is 24.9 Å². The minimum atomic E-state index is -0.520. The third-order valence-corrected chi connectivity index (χ3v) is 3.88. The van der Waals surface area contributed by atoms with Gasteiger partial charge < -0.3 is 16.4 Å². The SMILES string of the molecule is Cc1ccc(C(=O)NCC(=O)NCc2cccc(C(N)=O)c2)cc1C. The van der Waals surface area contributed by atoms with Crippen LogP contribution in [0.1, 0.15) is 37.4 Å². The van der Waals surface area contributed by atoms with E-state index in [1.54, 1.807) is 36.4 Å². The van der Waals surface area contributed by atoms with Gasteiger partial charge in [-0.3, -0.25) is 14.4 Å². The summed E-state index contributed by atoms with van der Waals surface area (Å²) in [6, 6.07) is 12.1. The molecule has 0 aliphatic heterocycles. The van der Waals surface area contributed by atoms with Crippen molar-refractivity contribution in [1.82, 2.24) is 10.6 Å². The monoisotopic (exact) mass is 339 g/mol. The third-order valence-electron chi connectivity index (χ3n) is 3.88. The molecule has 4 N–H and O–H groups in total. The molecule has 0 heterocycles. The van der Waals surface area contributed by atoms with Gasteiger partial charge in [0.2, 0.25) is 11.8 Å². The zero-order chi connectivity index (χ0) is 18.4. The van der Waals surface area contributed by atoms with E-state index in [0.29, 0.717) is 11.1 Å². The molecule has 0 fully saturated rings. The Kier molecular flexibility index (Phi) is 5.89. The summed E-state index contributed by atoms with van der Waals surface area (Å²) in [6.07, 6.45) is 0. The average molecular weight is 339 g/mol. The highest BCUT2D eigenvalue weighted by atomic mass is 16.2. The van der Waals surface area contributed by atoms with Crippen LogP contribution in [0.15, 0.2) is 42.5 Å². The van der Waals surface area contributed by atoms with Gasteiger partial charge in [0.25, 0.3) is 5.91 Å². The van der Waals surface area contributed by atoms with Crippen molar-refractivity contribution in [3.05, 3.63) is 70.3 Å². The lowest BCUT2D eigenvalue weighted by Gasteiger charge is -2.09. The molecular formula is C19H21N3O3. The van der Waals surface area contributed by atoms with Gasteiger partial charge in [0.15, 0.2) is 0 Å². The molecule has 0 radical (unpaired) electrons. The Balaban J connectivity index is 1.84. The second kappa shape index (κ2) is 8.10. The van der Waals surface area contributed by atoms with Gasteiger partial charge in [-0.1, -0.05) is 18.2 Å². The molecule has 0 unspecified atom stereocenters. The quantitative estimate of drug-likeness (QED) is 0.742. The molecule has 2 aromatic carbocycles. The molecule has 3 amide bonds. The van der Waals surface area contributed by atoms with E-state index in [1.807, 2.05) is 19.9 Å². The molecule has 0 aliphatic carbocycles. The Morgan fingerprint density at radius 2 is 1.68 bits per heavy atom. The summed E-state index contributed by atoms with van der Waals surface area (Å²) in [5.74, 6) is -1.13. The molecular weight excluding hydrogens is 318 g/mol. The summed E-state index contributed by atoms with van der Waals surface area (Å²) in [5, 5.41) is 5.27. The second-order valence-electron chi connectivity index (χ2n) is 5.82. The second-order valence-corrected chi connectivity index (χ2v) is 5.82. The molecule has 0 bridgehead atoms. The number of carbonyl (C=O) groups excluding carboxylic acids is 3. The molecule has 0 aromatic heterocycles. The molecule has 0 atom stereocenters. The van der Waals surface area contributed by atoms with Crippen molar-refractivity contribution in [2.75, 3.05) is 6.54 Å². The van der Waals surface area contributed by atoms with Crippen LogP contribution in [0.25, 0.3) is 0 Å². The number of benzene rings is 2. The summed E-state index contributed by atoms with van der Waals surface area (Å²) in [7, 11) is 0. The van der Waals surface area contributed by atoms with Crippen LogP contribution in [0, 0.1) is 13.8 Å². The van der Waals surface area contributed by atoms with Crippen LogP contribution in [0.2, 0.25) is 0 Å². The van der Waals surface area contributed by atoms with Crippen LogP contribution in [0.5, 0.6) is 0 Å². The highest BCUT2D eigenvalue weighted by Gasteiger charge is 2.09. The topological polar surface area (TPSA) is 101 Å². The van der Waals surface area contributed by atoms with Crippen LogP contribution < -0.4 is 16.4 Å². The number of amides is 3. The molecule has 2 aromatic rings. The molecule has 6 nitrogen and oxygen atoms in total. The van der Waals surface area contributed by atoms with Gasteiger partial charge in [-0.15, -0.1) is 0 Å². The van der Waals surface area contributed by atoms with Gasteiger partial charge in [0.1, 0.15) is 0 Å². The highest BCUT2D eigenvalue weighted by molar-refractivity contribution is 5.96. The number of primary amides is 1. The van der Waals surface area contributed by atoms with Crippen molar-refractivity contribution in [1.29, 1.82) is 0 Å². The summed E-state index contributed by atoms with van der Waals surface area (Å²) in [6.45, 7) is 4.03. The van der Waals surface area contributed by atoms with Crippen LogP contribution in [-0.4, -0.2) is 24.3 Å². The standard InChI is InChI=1S/C19H21N3O3/c1-12-6-7-16(8-13(12)2)19(25)22-11-17(23)21-10-14-4-3-5-15(9-14)18(20)24/h3-9H,10-11H2,1-2H3,(H2,20,24)(H,21,23)(H,22,25). The van der Waals surface area contributed by atoms with E-state index >= 15 is 0 Å². The summed E-state index contributed by atoms with van der Waals surface area (Å²) < 4.78 is 0. The van der Waals surface area contributed by atoms with Crippen LogP contribution in [-0.2, 0) is 11.3 Å². The van der Waals surface area contributed by atoms with E-state index < -0.39 is 5.91 Å². The Morgan fingerprint density at radius 3 is 2.36 bits per heavy atom. The normalized spacial score (nSPS) is 10.2. The minimum absolute atomic E-state index is 0.124. The number of rotatable bonds is 6. The van der Waals surface area contributed by atoms with E-state index in [2.05, 4.69) is 10.6 Å². The summed E-state index contributed by atoms with van der Waals surface area (Å²) >= 11 is 0. The van der Waals surface area contributed by atoms with E-state index in [0.717, 1.165) is 16.7 Å². The first-order valence-electron chi connectivity index (χ1n) is 7.87. The predicted molar refractivity (Wildman–Crippen MR) is 95.1 cm³/mol. The van der Waals surface area contributed by atoms with E-state index in [1.165, 1.54) is 0 Å². The van der Waals surface area contributed by atoms with Crippen molar-refractivity contribution >= 4 is 17.7 Å². The molecule has 6 heteroatoms. The van der Waals surface area contributed by atoms with Gasteiger partial charge in [-0.2, -0.15) is 0 Å². The Bertz CT molecular complexity index is 815. The van der Waals surface area contributed by atoms with Crippen LogP contribution in [0.4, 0.5) is 0 Å². The number of aryl methyl sites for hydroxylation is 2. The zero-order valence-electron chi connectivity index (χ0n) is 14.3. The first-order valence-corrected chi connectivity index (χ1v) is 7.87. The maximum absolute atomic E-state index is 12.1. The fourth-order valence-corrected chi connectivity index (χ4v) is 2.24. The first kappa shape index (κ1) is 18.2. The largest absolute Gasteiger partial charge is 0.366 e. The van der Waals surface area contributed by atoms with Crippen molar-refractivity contribution in [2.45, 2.75) is 20.4 Å². The Morgan fingerprint density at radius 1 is 0.920 bits per heavy atom. The summed E-state index contributed by atoms with van der Waals surface area (Å²) in [5.41, 5.74) is 9.00. The maximum Gasteiger partial charge on any atom is 0.251 e. The molecule has 2 rings (SSSR count). The maximum atomic E-state index is 12.1. The van der Waals surface area contributed by atoms with Crippen LogP contribution in [0.3, 0.4) is 0 Å². The van der Waals surface area contributed by atoms with E-state index in [4.69, 9.17) is 5.73 Å². The lowest BCUT2D eigenvalue weighted by Crippen LogP contribution is -2.36.